The molecule has 0 spiro atoms. The average Bonchev–Trinajstić information content (AvgIpc) is 2.35. The number of aromatic nitrogens is 1. The van der Waals surface area contributed by atoms with Crippen molar-refractivity contribution < 1.29 is 0 Å². The number of hydrogen-bond acceptors (Lipinski definition) is 3. The Morgan fingerprint density at radius 1 is 1.35 bits per heavy atom. The number of nitrogens with two attached hydrogens (primary N) is 1. The highest BCUT2D eigenvalue weighted by Crippen LogP contribution is 2.37. The molecule has 0 aliphatic rings. The van der Waals surface area contributed by atoms with E-state index in [0.29, 0.717) is 16.4 Å². The summed E-state index contributed by atoms with van der Waals surface area (Å²) in [4.78, 5) is 4.21. The minimum absolute atomic E-state index is 0.199. The van der Waals surface area contributed by atoms with Gasteiger partial charge in [-0.2, -0.15) is 0 Å². The molecule has 3 atom stereocenters. The molecule has 3 unspecified atom stereocenters. The molecular weight excluding hydrogens is 228 g/mol. The molecule has 0 aromatic carbocycles. The first-order valence-corrected chi connectivity index (χ1v) is 7.31. The second-order valence-electron chi connectivity index (χ2n) is 4.86. The topological polar surface area (TPSA) is 38.9 Å². The van der Waals surface area contributed by atoms with Crippen molar-refractivity contribution in [2.75, 3.05) is 0 Å². The maximum absolute atomic E-state index is 6.25. The summed E-state index contributed by atoms with van der Waals surface area (Å²) in [7, 11) is 0. The van der Waals surface area contributed by atoms with Gasteiger partial charge in [0.15, 0.2) is 0 Å². The van der Waals surface area contributed by atoms with Crippen molar-refractivity contribution in [1.82, 2.24) is 4.98 Å². The van der Waals surface area contributed by atoms with E-state index >= 15 is 0 Å². The van der Waals surface area contributed by atoms with Crippen LogP contribution in [0.3, 0.4) is 0 Å². The fourth-order valence-electron chi connectivity index (χ4n) is 1.57. The predicted molar refractivity (Wildman–Crippen MR) is 77.1 cm³/mol. The minimum atomic E-state index is 0.199. The van der Waals surface area contributed by atoms with Gasteiger partial charge in [-0.05, 0) is 24.0 Å². The standard InChI is InChI=1S/C14H24N2S/c1-5-13(15)14(17-11(4)10(2)3)12-7-6-8-16-9-12/h6-11,13-14H,5,15H2,1-4H3. The fraction of sp³-hybridized carbons (Fsp3) is 0.643. The van der Waals surface area contributed by atoms with Gasteiger partial charge >= 0.3 is 0 Å². The van der Waals surface area contributed by atoms with Crippen LogP contribution in [0.4, 0.5) is 0 Å². The zero-order valence-electron chi connectivity index (χ0n) is 11.3. The third kappa shape index (κ3) is 4.32. The first-order chi connectivity index (χ1) is 8.06. The predicted octanol–water partition coefficient (Wildman–Crippen LogP) is 3.64. The van der Waals surface area contributed by atoms with Gasteiger partial charge in [-0.1, -0.05) is 33.8 Å². The van der Waals surface area contributed by atoms with Gasteiger partial charge in [-0.25, -0.2) is 0 Å². The molecule has 0 radical (unpaired) electrons. The zero-order chi connectivity index (χ0) is 12.8. The van der Waals surface area contributed by atoms with Crippen LogP contribution in [0, 0.1) is 5.92 Å². The fourth-order valence-corrected chi connectivity index (χ4v) is 3.04. The lowest BCUT2D eigenvalue weighted by atomic mass is 10.1. The molecule has 0 saturated carbocycles. The van der Waals surface area contributed by atoms with E-state index in [-0.39, 0.29) is 6.04 Å². The Morgan fingerprint density at radius 2 is 2.06 bits per heavy atom. The minimum Gasteiger partial charge on any atom is -0.326 e. The van der Waals surface area contributed by atoms with Crippen LogP contribution >= 0.6 is 11.8 Å². The SMILES string of the molecule is CCC(N)C(SC(C)C(C)C)c1cccnc1. The molecule has 96 valence electrons. The normalized spacial score (nSPS) is 16.8. The van der Waals surface area contributed by atoms with Crippen LogP contribution in [0.2, 0.25) is 0 Å². The lowest BCUT2D eigenvalue weighted by Gasteiger charge is -2.27. The number of hydrogen-bond donors (Lipinski definition) is 1. The molecule has 17 heavy (non-hydrogen) atoms. The van der Waals surface area contributed by atoms with Gasteiger partial charge in [0.2, 0.25) is 0 Å². The first-order valence-electron chi connectivity index (χ1n) is 6.37. The van der Waals surface area contributed by atoms with Crippen LogP contribution in [0.1, 0.15) is 44.9 Å². The summed E-state index contributed by atoms with van der Waals surface area (Å²) < 4.78 is 0. The smallest absolute Gasteiger partial charge is 0.0466 e. The summed E-state index contributed by atoms with van der Waals surface area (Å²) in [5.74, 6) is 0.670. The van der Waals surface area contributed by atoms with E-state index in [1.54, 1.807) is 0 Å². The van der Waals surface area contributed by atoms with Crippen LogP contribution in [0.25, 0.3) is 0 Å². The highest BCUT2D eigenvalue weighted by Gasteiger charge is 2.23. The Kier molecular flexibility index (Phi) is 6.00. The summed E-state index contributed by atoms with van der Waals surface area (Å²) in [5, 5.41) is 0.962. The van der Waals surface area contributed by atoms with Crippen molar-refractivity contribution in [2.24, 2.45) is 11.7 Å². The molecule has 0 bridgehead atoms. The first kappa shape index (κ1) is 14.5. The molecule has 0 aliphatic heterocycles. The average molecular weight is 252 g/mol. The number of thioether (sulfide) groups is 1. The summed E-state index contributed by atoms with van der Waals surface area (Å²) in [6, 6.07) is 4.32. The zero-order valence-corrected chi connectivity index (χ0v) is 12.1. The van der Waals surface area contributed by atoms with E-state index in [1.807, 2.05) is 30.2 Å². The molecule has 0 aliphatic carbocycles. The summed E-state index contributed by atoms with van der Waals surface area (Å²) in [6.45, 7) is 8.95. The van der Waals surface area contributed by atoms with Gasteiger partial charge in [-0.3, -0.25) is 4.98 Å². The van der Waals surface area contributed by atoms with E-state index in [2.05, 4.69) is 38.7 Å². The van der Waals surface area contributed by atoms with Gasteiger partial charge < -0.3 is 5.73 Å². The van der Waals surface area contributed by atoms with Crippen LogP contribution in [0.15, 0.2) is 24.5 Å². The van der Waals surface area contributed by atoms with Gasteiger partial charge in [-0.15, -0.1) is 11.8 Å². The van der Waals surface area contributed by atoms with Crippen LogP contribution < -0.4 is 5.73 Å². The van der Waals surface area contributed by atoms with Crippen molar-refractivity contribution in [3.8, 4) is 0 Å². The van der Waals surface area contributed by atoms with Crippen molar-refractivity contribution in [1.29, 1.82) is 0 Å². The molecule has 1 aromatic heterocycles. The Hall–Kier alpha value is -0.540. The second-order valence-corrected chi connectivity index (χ2v) is 6.39. The van der Waals surface area contributed by atoms with Crippen molar-refractivity contribution in [2.45, 2.75) is 50.7 Å². The highest BCUT2D eigenvalue weighted by atomic mass is 32.2. The van der Waals surface area contributed by atoms with Crippen molar-refractivity contribution >= 4 is 11.8 Å². The van der Waals surface area contributed by atoms with Crippen molar-refractivity contribution in [3.63, 3.8) is 0 Å². The molecule has 2 N–H and O–H groups in total. The third-order valence-corrected chi connectivity index (χ3v) is 5.06. The molecule has 1 heterocycles. The van der Waals surface area contributed by atoms with Gasteiger partial charge in [0.1, 0.15) is 0 Å². The van der Waals surface area contributed by atoms with E-state index in [1.165, 1.54) is 5.56 Å². The monoisotopic (exact) mass is 252 g/mol. The Bertz CT molecular complexity index is 313. The van der Waals surface area contributed by atoms with E-state index in [9.17, 15) is 0 Å². The van der Waals surface area contributed by atoms with Crippen LogP contribution in [0.5, 0.6) is 0 Å². The summed E-state index contributed by atoms with van der Waals surface area (Å²) in [5.41, 5.74) is 7.50. The molecule has 0 amide bonds. The maximum Gasteiger partial charge on any atom is 0.0466 e. The molecule has 0 saturated heterocycles. The number of nitrogens with zero attached hydrogens (tertiary/aromatic N) is 1. The van der Waals surface area contributed by atoms with Gasteiger partial charge in [0.25, 0.3) is 0 Å². The summed E-state index contributed by atoms with van der Waals surface area (Å²) in [6.07, 6.45) is 4.76. The van der Waals surface area contributed by atoms with Crippen LogP contribution in [-0.2, 0) is 0 Å². The number of pyridine rings is 1. The lowest BCUT2D eigenvalue weighted by Crippen LogP contribution is -2.27. The van der Waals surface area contributed by atoms with E-state index in [4.69, 9.17) is 5.73 Å². The quantitative estimate of drug-likeness (QED) is 0.840. The molecule has 3 heteroatoms. The molecular formula is C14H24N2S. The van der Waals surface area contributed by atoms with Crippen molar-refractivity contribution in [3.05, 3.63) is 30.1 Å². The molecule has 0 fully saturated rings. The Balaban J connectivity index is 2.82. The Labute approximate surface area is 109 Å². The number of rotatable bonds is 6. The lowest BCUT2D eigenvalue weighted by molar-refractivity contribution is 0.609. The summed E-state index contributed by atoms with van der Waals surface area (Å²) >= 11 is 1.97. The largest absolute Gasteiger partial charge is 0.326 e. The molecule has 1 rings (SSSR count). The second kappa shape index (κ2) is 7.02. The van der Waals surface area contributed by atoms with E-state index < -0.39 is 0 Å². The Morgan fingerprint density at radius 3 is 2.53 bits per heavy atom. The highest BCUT2D eigenvalue weighted by molar-refractivity contribution is 8.00. The third-order valence-electron chi connectivity index (χ3n) is 3.17. The van der Waals surface area contributed by atoms with E-state index in [0.717, 1.165) is 6.42 Å². The van der Waals surface area contributed by atoms with Crippen LogP contribution in [-0.4, -0.2) is 16.3 Å². The maximum atomic E-state index is 6.25. The molecule has 2 nitrogen and oxygen atoms in total. The van der Waals surface area contributed by atoms with Gasteiger partial charge in [0.05, 0.1) is 0 Å². The van der Waals surface area contributed by atoms with Gasteiger partial charge in [0, 0.05) is 28.9 Å². The molecule has 1 aromatic rings.